The van der Waals surface area contributed by atoms with Crippen LogP contribution in [0.25, 0.3) is 0 Å². The fourth-order valence-electron chi connectivity index (χ4n) is 2.20. The van der Waals surface area contributed by atoms with Gasteiger partial charge in [-0.25, -0.2) is 8.42 Å². The van der Waals surface area contributed by atoms with Gasteiger partial charge in [-0.3, -0.25) is 4.79 Å². The molecule has 0 aliphatic rings. The zero-order valence-corrected chi connectivity index (χ0v) is 16.4. The van der Waals surface area contributed by atoms with E-state index >= 15 is 0 Å². The summed E-state index contributed by atoms with van der Waals surface area (Å²) >= 11 is 0. The maximum atomic E-state index is 12.4. The van der Waals surface area contributed by atoms with Crippen LogP contribution in [-0.4, -0.2) is 64.3 Å². The van der Waals surface area contributed by atoms with Gasteiger partial charge in [0.15, 0.2) is 9.84 Å². The van der Waals surface area contributed by atoms with E-state index in [2.05, 4.69) is 0 Å². The Balaban J connectivity index is 2.27. The average molecular weight is 427 g/mol. The monoisotopic (exact) mass is 427 g/mol. The van der Waals surface area contributed by atoms with E-state index in [1.165, 1.54) is 24.3 Å². The second-order valence-electron chi connectivity index (χ2n) is 6.84. The summed E-state index contributed by atoms with van der Waals surface area (Å²) < 4.78 is 71.1. The van der Waals surface area contributed by atoms with E-state index in [4.69, 9.17) is 9.47 Å². The molecule has 0 saturated heterocycles. The first-order valence-electron chi connectivity index (χ1n) is 8.36. The van der Waals surface area contributed by atoms with Crippen molar-refractivity contribution in [3.63, 3.8) is 0 Å². The van der Waals surface area contributed by atoms with Gasteiger partial charge in [0.25, 0.3) is 0 Å². The van der Waals surface area contributed by atoms with E-state index in [1.54, 1.807) is 19.2 Å². The zero-order valence-electron chi connectivity index (χ0n) is 15.6. The third-order valence-electron chi connectivity index (χ3n) is 3.43. The molecule has 0 heterocycles. The molecule has 7 nitrogen and oxygen atoms in total. The van der Waals surface area contributed by atoms with E-state index in [0.29, 0.717) is 0 Å². The Morgan fingerprint density at radius 2 is 1.64 bits per heavy atom. The summed E-state index contributed by atoms with van der Waals surface area (Å²) in [5, 5.41) is 10.9. The standard InChI is InChI=1S/C17H24F3NO6S/c1-16(2,12-28(24,25)14-5-3-13(22)4-6-14)11-27-10-9-26-8-7-21-15(23)17(18,19)20/h3-6,22H,7-12H2,1-2H3,(H,21,23). The first kappa shape index (κ1) is 24.2. The SMILES string of the molecule is CC(C)(COCCOCCNC(=O)C(F)(F)F)CS(=O)(=O)c1ccc(O)cc1. The number of carbonyl (C=O) groups is 1. The molecule has 2 N–H and O–H groups in total. The number of phenols is 1. The van der Waals surface area contributed by atoms with Gasteiger partial charge >= 0.3 is 12.1 Å². The van der Waals surface area contributed by atoms with Crippen molar-refractivity contribution in [1.29, 1.82) is 0 Å². The van der Waals surface area contributed by atoms with Crippen LogP contribution < -0.4 is 5.32 Å². The number of alkyl halides is 3. The van der Waals surface area contributed by atoms with Crippen molar-refractivity contribution in [3.05, 3.63) is 24.3 Å². The van der Waals surface area contributed by atoms with Crippen LogP contribution in [0.5, 0.6) is 5.75 Å². The van der Waals surface area contributed by atoms with E-state index in [9.17, 15) is 31.5 Å². The number of aromatic hydroxyl groups is 1. The molecular weight excluding hydrogens is 403 g/mol. The smallest absolute Gasteiger partial charge is 0.471 e. The van der Waals surface area contributed by atoms with Crippen molar-refractivity contribution >= 4 is 15.7 Å². The van der Waals surface area contributed by atoms with Gasteiger partial charge in [-0.2, -0.15) is 13.2 Å². The van der Waals surface area contributed by atoms with Gasteiger partial charge in [0.05, 0.1) is 37.1 Å². The Bertz CT molecular complexity index is 732. The Morgan fingerprint density at radius 3 is 2.21 bits per heavy atom. The summed E-state index contributed by atoms with van der Waals surface area (Å²) in [5.74, 6) is -2.22. The van der Waals surface area contributed by atoms with Crippen molar-refractivity contribution in [2.75, 3.05) is 38.7 Å². The van der Waals surface area contributed by atoms with Gasteiger partial charge in [-0.05, 0) is 24.3 Å². The van der Waals surface area contributed by atoms with Crippen LogP contribution in [0.4, 0.5) is 13.2 Å². The van der Waals surface area contributed by atoms with Crippen LogP contribution in [0.15, 0.2) is 29.2 Å². The lowest BCUT2D eigenvalue weighted by Gasteiger charge is -2.24. The number of benzene rings is 1. The van der Waals surface area contributed by atoms with Crippen LogP contribution in [0.2, 0.25) is 0 Å². The highest BCUT2D eigenvalue weighted by Gasteiger charge is 2.38. The minimum absolute atomic E-state index is 0.0282. The van der Waals surface area contributed by atoms with E-state index in [1.807, 2.05) is 0 Å². The van der Waals surface area contributed by atoms with Crippen LogP contribution >= 0.6 is 0 Å². The number of halogens is 3. The summed E-state index contributed by atoms with van der Waals surface area (Å²) in [5.41, 5.74) is -0.697. The van der Waals surface area contributed by atoms with Gasteiger partial charge in [0.1, 0.15) is 5.75 Å². The van der Waals surface area contributed by atoms with Gasteiger partial charge in [-0.15, -0.1) is 0 Å². The highest BCUT2D eigenvalue weighted by atomic mass is 32.2. The molecular formula is C17H24F3NO6S. The quantitative estimate of drug-likeness (QED) is 0.523. The molecule has 28 heavy (non-hydrogen) atoms. The van der Waals surface area contributed by atoms with E-state index in [0.717, 1.165) is 0 Å². The Labute approximate surface area is 161 Å². The van der Waals surface area contributed by atoms with Crippen molar-refractivity contribution < 1.29 is 41.0 Å². The molecule has 0 aromatic heterocycles. The fourth-order valence-corrected chi connectivity index (χ4v) is 4.03. The van der Waals surface area contributed by atoms with E-state index in [-0.39, 0.29) is 49.4 Å². The molecule has 1 rings (SSSR count). The average Bonchev–Trinajstić information content (AvgIpc) is 2.55. The Kier molecular flexibility index (Phi) is 8.71. The van der Waals surface area contributed by atoms with Crippen molar-refractivity contribution in [2.24, 2.45) is 5.41 Å². The first-order valence-corrected chi connectivity index (χ1v) is 10.0. The predicted molar refractivity (Wildman–Crippen MR) is 94.6 cm³/mol. The molecule has 0 fully saturated rings. The topological polar surface area (TPSA) is 102 Å². The normalized spacial score (nSPS) is 12.8. The second-order valence-corrected chi connectivity index (χ2v) is 8.83. The summed E-state index contributed by atoms with van der Waals surface area (Å²) in [6.45, 7) is 3.38. The van der Waals surface area contributed by atoms with Crippen LogP contribution in [0.3, 0.4) is 0 Å². The van der Waals surface area contributed by atoms with E-state index < -0.39 is 27.3 Å². The summed E-state index contributed by atoms with van der Waals surface area (Å²) in [6.07, 6.45) is -4.92. The third-order valence-corrected chi connectivity index (χ3v) is 5.58. The number of phenolic OH excluding ortho intramolecular Hbond substituents is 1. The molecule has 11 heteroatoms. The molecule has 0 aliphatic heterocycles. The first-order chi connectivity index (χ1) is 12.8. The number of rotatable bonds is 11. The molecule has 1 amide bonds. The number of hydrogen-bond donors (Lipinski definition) is 2. The predicted octanol–water partition coefficient (Wildman–Crippen LogP) is 1.90. The van der Waals surface area contributed by atoms with Gasteiger partial charge in [0, 0.05) is 12.0 Å². The summed E-state index contributed by atoms with van der Waals surface area (Å²) in [4.78, 5) is 10.7. The summed E-state index contributed by atoms with van der Waals surface area (Å²) in [7, 11) is -3.56. The van der Waals surface area contributed by atoms with Crippen LogP contribution in [-0.2, 0) is 24.1 Å². The molecule has 160 valence electrons. The molecule has 0 unspecified atom stereocenters. The minimum Gasteiger partial charge on any atom is -0.508 e. The van der Waals surface area contributed by atoms with Gasteiger partial charge < -0.3 is 19.9 Å². The number of nitrogens with one attached hydrogen (secondary N) is 1. The maximum absolute atomic E-state index is 12.4. The van der Waals surface area contributed by atoms with Gasteiger partial charge in [-0.1, -0.05) is 13.8 Å². The highest BCUT2D eigenvalue weighted by Crippen LogP contribution is 2.24. The maximum Gasteiger partial charge on any atom is 0.471 e. The Morgan fingerprint density at radius 1 is 1.07 bits per heavy atom. The minimum atomic E-state index is -4.92. The highest BCUT2D eigenvalue weighted by molar-refractivity contribution is 7.91. The zero-order chi connectivity index (χ0) is 21.4. The number of hydrogen-bond acceptors (Lipinski definition) is 6. The lowest BCUT2D eigenvalue weighted by atomic mass is 9.98. The number of carbonyl (C=O) groups excluding carboxylic acids is 1. The molecule has 0 spiro atoms. The lowest BCUT2D eigenvalue weighted by Crippen LogP contribution is -2.38. The van der Waals surface area contributed by atoms with Crippen molar-refractivity contribution in [2.45, 2.75) is 24.9 Å². The van der Waals surface area contributed by atoms with Gasteiger partial charge in [0.2, 0.25) is 0 Å². The molecule has 1 aromatic carbocycles. The molecule has 0 aliphatic carbocycles. The lowest BCUT2D eigenvalue weighted by molar-refractivity contribution is -0.173. The fraction of sp³-hybridized carbons (Fsp3) is 0.588. The third kappa shape index (κ3) is 8.89. The number of ether oxygens (including phenoxy) is 2. The Hall–Kier alpha value is -1.85. The molecule has 0 radical (unpaired) electrons. The van der Waals surface area contributed by atoms with Crippen LogP contribution in [0.1, 0.15) is 13.8 Å². The number of sulfone groups is 1. The van der Waals surface area contributed by atoms with Crippen LogP contribution in [0, 0.1) is 5.41 Å². The van der Waals surface area contributed by atoms with Crippen molar-refractivity contribution in [1.82, 2.24) is 5.32 Å². The largest absolute Gasteiger partial charge is 0.508 e. The summed E-state index contributed by atoms with van der Waals surface area (Å²) in [6, 6.07) is 5.25. The molecule has 0 bridgehead atoms. The molecule has 0 atom stereocenters. The molecule has 0 saturated carbocycles. The number of amides is 1. The van der Waals surface area contributed by atoms with Crippen molar-refractivity contribution in [3.8, 4) is 5.75 Å². The second kappa shape index (κ2) is 10.1. The molecule has 1 aromatic rings.